The standard InChI is InChI=1S/C29H25F6N5O4S/c1-12-21(38-23(41)13-5-7-39(10-13)26(44)29(33,34)35)16(9-18(37-12)28(30,31)32)15-4-6-36-17-8-14(45-22(15)17)11-40-24(42)19-20(25(40)43)27(19,2)3/h4,6,8-9,13,19-20H,5,7,10-11H2,1-3H3,(H,38,41). The number of anilines is 1. The number of nitrogens with zero attached hydrogens (tertiary/aromatic N) is 4. The van der Waals surface area contributed by atoms with Gasteiger partial charge in [0.2, 0.25) is 17.7 Å². The number of pyridine rings is 2. The lowest BCUT2D eigenvalue weighted by atomic mass is 10.0. The first-order valence-corrected chi connectivity index (χ1v) is 14.7. The summed E-state index contributed by atoms with van der Waals surface area (Å²) in [5.41, 5.74) is -1.30. The fourth-order valence-corrected chi connectivity index (χ4v) is 7.48. The van der Waals surface area contributed by atoms with Gasteiger partial charge in [-0.15, -0.1) is 11.3 Å². The topological polar surface area (TPSA) is 113 Å². The van der Waals surface area contributed by atoms with Gasteiger partial charge in [-0.3, -0.25) is 29.1 Å². The molecule has 0 bridgehead atoms. The van der Waals surface area contributed by atoms with Crippen LogP contribution in [0.5, 0.6) is 0 Å². The first kappa shape index (κ1) is 30.9. The van der Waals surface area contributed by atoms with Gasteiger partial charge in [-0.25, -0.2) is 4.98 Å². The van der Waals surface area contributed by atoms with E-state index in [0.717, 1.165) is 17.4 Å². The van der Waals surface area contributed by atoms with Crippen molar-refractivity contribution in [1.82, 2.24) is 19.8 Å². The zero-order valence-electron chi connectivity index (χ0n) is 24.0. The molecule has 238 valence electrons. The van der Waals surface area contributed by atoms with Gasteiger partial charge in [0.25, 0.3) is 0 Å². The van der Waals surface area contributed by atoms with Crippen LogP contribution < -0.4 is 5.32 Å². The van der Waals surface area contributed by atoms with Crippen LogP contribution in [0.15, 0.2) is 24.4 Å². The Hall–Kier alpha value is -4.08. The Balaban J connectivity index is 1.33. The fraction of sp³-hybridized carbons (Fsp3) is 0.448. The molecule has 3 atom stereocenters. The molecule has 0 spiro atoms. The molecule has 45 heavy (non-hydrogen) atoms. The number of carbonyl (C=O) groups is 4. The van der Waals surface area contributed by atoms with Gasteiger partial charge in [0.1, 0.15) is 5.69 Å². The van der Waals surface area contributed by atoms with Gasteiger partial charge in [0.15, 0.2) is 0 Å². The molecule has 1 aliphatic carbocycles. The van der Waals surface area contributed by atoms with Crippen molar-refractivity contribution in [3.05, 3.63) is 40.7 Å². The Kier molecular flexibility index (Phi) is 7.02. The molecule has 0 radical (unpaired) electrons. The summed E-state index contributed by atoms with van der Waals surface area (Å²) in [6, 6.07) is 3.87. The maximum absolute atomic E-state index is 13.9. The number of hydrogen-bond acceptors (Lipinski definition) is 7. The number of alkyl halides is 6. The predicted octanol–water partition coefficient (Wildman–Crippen LogP) is 5.18. The lowest BCUT2D eigenvalue weighted by Crippen LogP contribution is -2.40. The average molecular weight is 654 g/mol. The minimum atomic E-state index is -5.11. The van der Waals surface area contributed by atoms with Crippen LogP contribution in [-0.4, -0.2) is 62.7 Å². The normalized spacial score (nSPS) is 22.7. The molecule has 3 aliphatic rings. The number of likely N-dealkylation sites (tertiary alicyclic amines) is 2. The Labute approximate surface area is 255 Å². The molecule has 6 rings (SSSR count). The van der Waals surface area contributed by atoms with Crippen LogP contribution in [0.1, 0.15) is 36.5 Å². The van der Waals surface area contributed by atoms with E-state index >= 15 is 0 Å². The zero-order chi connectivity index (χ0) is 32.8. The Bertz CT molecular complexity index is 1760. The molecule has 1 N–H and O–H groups in total. The molecule has 0 aromatic carbocycles. The molecule has 3 fully saturated rings. The van der Waals surface area contributed by atoms with Gasteiger partial charge < -0.3 is 10.2 Å². The molecule has 3 aromatic heterocycles. The maximum Gasteiger partial charge on any atom is 0.471 e. The Morgan fingerprint density at radius 2 is 1.73 bits per heavy atom. The predicted molar refractivity (Wildman–Crippen MR) is 148 cm³/mol. The lowest BCUT2D eigenvalue weighted by Gasteiger charge is -2.20. The molecular weight excluding hydrogens is 628 g/mol. The second-order valence-corrected chi connectivity index (χ2v) is 13.2. The Morgan fingerprint density at radius 3 is 2.36 bits per heavy atom. The van der Waals surface area contributed by atoms with Crippen molar-refractivity contribution in [1.29, 1.82) is 0 Å². The molecule has 9 nitrogen and oxygen atoms in total. The van der Waals surface area contributed by atoms with Gasteiger partial charge in [0.05, 0.1) is 45.9 Å². The molecule has 2 aliphatic heterocycles. The summed E-state index contributed by atoms with van der Waals surface area (Å²) in [4.78, 5) is 60.8. The van der Waals surface area contributed by atoms with Crippen molar-refractivity contribution < 1.29 is 45.5 Å². The summed E-state index contributed by atoms with van der Waals surface area (Å²) in [5.74, 6) is -5.18. The smallest absolute Gasteiger partial charge is 0.334 e. The van der Waals surface area contributed by atoms with Gasteiger partial charge in [-0.2, -0.15) is 26.3 Å². The third kappa shape index (κ3) is 5.21. The molecule has 3 unspecified atom stereocenters. The van der Waals surface area contributed by atoms with Crippen molar-refractivity contribution >= 4 is 50.9 Å². The number of rotatable bonds is 5. The molecule has 4 amide bonds. The van der Waals surface area contributed by atoms with E-state index in [9.17, 15) is 45.5 Å². The van der Waals surface area contributed by atoms with E-state index in [1.54, 1.807) is 6.07 Å². The minimum absolute atomic E-state index is 0.0250. The van der Waals surface area contributed by atoms with E-state index in [-0.39, 0.29) is 71.1 Å². The summed E-state index contributed by atoms with van der Waals surface area (Å²) < 4.78 is 80.7. The summed E-state index contributed by atoms with van der Waals surface area (Å²) in [5, 5.41) is 2.55. The number of amides is 4. The summed E-state index contributed by atoms with van der Waals surface area (Å²) in [6.45, 7) is 4.14. The molecule has 2 saturated heterocycles. The number of nitrogens with one attached hydrogen (secondary N) is 1. The number of imide groups is 1. The summed E-state index contributed by atoms with van der Waals surface area (Å²) >= 11 is 1.13. The van der Waals surface area contributed by atoms with E-state index < -0.39 is 42.3 Å². The van der Waals surface area contributed by atoms with Crippen LogP contribution in [0.25, 0.3) is 21.3 Å². The Morgan fingerprint density at radius 1 is 1.07 bits per heavy atom. The lowest BCUT2D eigenvalue weighted by molar-refractivity contribution is -0.184. The first-order chi connectivity index (χ1) is 20.9. The number of aryl methyl sites for hydroxylation is 1. The highest BCUT2D eigenvalue weighted by Crippen LogP contribution is 2.63. The highest BCUT2D eigenvalue weighted by Gasteiger charge is 2.72. The highest BCUT2D eigenvalue weighted by molar-refractivity contribution is 7.19. The van der Waals surface area contributed by atoms with Crippen LogP contribution in [0.2, 0.25) is 0 Å². The maximum atomic E-state index is 13.9. The van der Waals surface area contributed by atoms with Crippen LogP contribution >= 0.6 is 11.3 Å². The van der Waals surface area contributed by atoms with Gasteiger partial charge >= 0.3 is 18.3 Å². The monoisotopic (exact) mass is 653 g/mol. The number of thiophene rings is 1. The molecule has 3 aromatic rings. The van der Waals surface area contributed by atoms with Crippen molar-refractivity contribution in [2.24, 2.45) is 23.2 Å². The summed E-state index contributed by atoms with van der Waals surface area (Å²) in [6.07, 6.45) is -8.66. The number of piperidine rings is 1. The largest absolute Gasteiger partial charge is 0.471 e. The average Bonchev–Trinajstić information content (AvgIpc) is 3.37. The van der Waals surface area contributed by atoms with Crippen LogP contribution in [0, 0.1) is 30.1 Å². The number of fused-ring (bicyclic) bond motifs is 2. The third-order valence-electron chi connectivity index (χ3n) is 8.79. The van der Waals surface area contributed by atoms with E-state index in [1.807, 2.05) is 13.8 Å². The molecule has 5 heterocycles. The van der Waals surface area contributed by atoms with E-state index in [1.165, 1.54) is 24.1 Å². The van der Waals surface area contributed by atoms with Crippen LogP contribution in [0.3, 0.4) is 0 Å². The van der Waals surface area contributed by atoms with Crippen molar-refractivity contribution in [2.75, 3.05) is 18.4 Å². The second-order valence-electron chi connectivity index (χ2n) is 12.1. The van der Waals surface area contributed by atoms with Crippen LogP contribution in [-0.2, 0) is 31.9 Å². The molecule has 1 saturated carbocycles. The van der Waals surface area contributed by atoms with Crippen molar-refractivity contribution in [3.63, 3.8) is 0 Å². The fourth-order valence-electron chi connectivity index (χ4n) is 6.34. The number of aromatic nitrogens is 2. The molecular formula is C29H25F6N5O4S. The zero-order valence-corrected chi connectivity index (χ0v) is 24.8. The van der Waals surface area contributed by atoms with E-state index in [4.69, 9.17) is 0 Å². The van der Waals surface area contributed by atoms with Gasteiger partial charge in [-0.1, -0.05) is 13.8 Å². The second kappa shape index (κ2) is 10.2. The summed E-state index contributed by atoms with van der Waals surface area (Å²) in [7, 11) is 0. The van der Waals surface area contributed by atoms with Gasteiger partial charge in [-0.05, 0) is 37.0 Å². The van der Waals surface area contributed by atoms with Crippen LogP contribution in [0.4, 0.5) is 32.0 Å². The first-order valence-electron chi connectivity index (χ1n) is 13.9. The number of hydrogen-bond donors (Lipinski definition) is 1. The number of carbonyl (C=O) groups excluding carboxylic acids is 4. The quantitative estimate of drug-likeness (QED) is 0.300. The third-order valence-corrected chi connectivity index (χ3v) is 9.93. The van der Waals surface area contributed by atoms with E-state index in [2.05, 4.69) is 15.3 Å². The SMILES string of the molecule is Cc1nc(C(F)(F)F)cc(-c2ccnc3cc(CN4C(=O)C5C(C4=O)C5(C)C)sc23)c1NC(=O)C1CCN(C(=O)C(F)(F)F)C1. The van der Waals surface area contributed by atoms with Gasteiger partial charge in [0, 0.05) is 35.3 Å². The highest BCUT2D eigenvalue weighted by atomic mass is 32.1. The van der Waals surface area contributed by atoms with Crippen molar-refractivity contribution in [3.8, 4) is 11.1 Å². The van der Waals surface area contributed by atoms with E-state index in [0.29, 0.717) is 20.0 Å². The molecule has 16 heteroatoms. The minimum Gasteiger partial charge on any atom is -0.334 e. The number of halogens is 6. The van der Waals surface area contributed by atoms with Crippen molar-refractivity contribution in [2.45, 2.75) is 46.1 Å².